The van der Waals surface area contributed by atoms with Gasteiger partial charge in [0.15, 0.2) is 4.90 Å². The molecule has 1 amide bonds. The molecule has 0 saturated heterocycles. The van der Waals surface area contributed by atoms with Gasteiger partial charge < -0.3 is 19.0 Å². The van der Waals surface area contributed by atoms with Gasteiger partial charge in [0, 0.05) is 24.5 Å². The van der Waals surface area contributed by atoms with Crippen LogP contribution in [-0.4, -0.2) is 57.6 Å². The number of fused-ring (bicyclic) bond motifs is 1. The first-order valence-corrected chi connectivity index (χ1v) is 11.0. The molecule has 1 aromatic heterocycles. The average Bonchev–Trinajstić information content (AvgIpc) is 3.48. The first-order chi connectivity index (χ1) is 14.6. The van der Waals surface area contributed by atoms with Gasteiger partial charge in [0.1, 0.15) is 5.58 Å². The zero-order valence-corrected chi connectivity index (χ0v) is 17.2. The van der Waals surface area contributed by atoms with Gasteiger partial charge in [0.05, 0.1) is 43.2 Å². The van der Waals surface area contributed by atoms with E-state index in [2.05, 4.69) is 0 Å². The maximum atomic E-state index is 13.1. The molecule has 0 bridgehead atoms. The Morgan fingerprint density at radius 2 is 1.80 bits per heavy atom. The highest BCUT2D eigenvalue weighted by Crippen LogP contribution is 2.32. The summed E-state index contributed by atoms with van der Waals surface area (Å²) in [7, 11) is 0. The molecule has 0 fully saturated rings. The summed E-state index contributed by atoms with van der Waals surface area (Å²) in [5.74, 6) is -0.602. The fraction of sp³-hybridized carbons (Fsp3) is 0.261. The Kier molecular flexibility index (Phi) is 5.12. The van der Waals surface area contributed by atoms with Crippen LogP contribution in [0.15, 0.2) is 81.3 Å². The Morgan fingerprint density at radius 1 is 1.07 bits per heavy atom. The fourth-order valence-electron chi connectivity index (χ4n) is 4.25. The van der Waals surface area contributed by atoms with E-state index in [1.807, 2.05) is 58.9 Å². The van der Waals surface area contributed by atoms with Crippen LogP contribution in [0.5, 0.6) is 0 Å². The van der Waals surface area contributed by atoms with Crippen molar-refractivity contribution in [2.45, 2.75) is 10.8 Å². The summed E-state index contributed by atoms with van der Waals surface area (Å²) in [4.78, 5) is 15.6. The van der Waals surface area contributed by atoms with Gasteiger partial charge in [0.25, 0.3) is 0 Å². The number of benzene rings is 2. The van der Waals surface area contributed by atoms with E-state index in [0.29, 0.717) is 26.2 Å². The molecule has 30 heavy (non-hydrogen) atoms. The highest BCUT2D eigenvalue weighted by atomic mass is 32.2. The van der Waals surface area contributed by atoms with Crippen LogP contribution in [0.4, 0.5) is 0 Å². The van der Waals surface area contributed by atoms with Gasteiger partial charge in [-0.05, 0) is 34.9 Å². The van der Waals surface area contributed by atoms with Crippen molar-refractivity contribution < 1.29 is 18.9 Å². The quantitative estimate of drug-likeness (QED) is 0.505. The molecule has 7 heteroatoms. The minimum atomic E-state index is -1.26. The number of furan rings is 1. The summed E-state index contributed by atoms with van der Waals surface area (Å²) in [5.41, 5.74) is 3.93. The highest BCUT2D eigenvalue weighted by molar-refractivity contribution is 7.89. The summed E-state index contributed by atoms with van der Waals surface area (Å²) < 4.78 is 20.4. The first-order valence-electron chi connectivity index (χ1n) is 9.92. The molecule has 5 rings (SSSR count). The van der Waals surface area contributed by atoms with E-state index >= 15 is 0 Å². The Morgan fingerprint density at radius 3 is 2.50 bits per heavy atom. The zero-order valence-electron chi connectivity index (χ0n) is 16.4. The van der Waals surface area contributed by atoms with E-state index in [9.17, 15) is 14.5 Å². The Bertz CT molecular complexity index is 1090. The summed E-state index contributed by atoms with van der Waals surface area (Å²) in [5, 5.41) is 10.7. The normalized spacial score (nSPS) is 18.8. The number of carbonyl (C=O) groups excluding carboxylic acids is 1. The molecular formula is C23H22N2O4S. The molecule has 0 aliphatic carbocycles. The van der Waals surface area contributed by atoms with Crippen LogP contribution in [0, 0.1) is 0 Å². The number of carbonyl (C=O) groups is 1. The molecule has 2 aliphatic rings. The van der Waals surface area contributed by atoms with Crippen LogP contribution >= 0.6 is 0 Å². The highest BCUT2D eigenvalue weighted by Gasteiger charge is 2.39. The van der Waals surface area contributed by atoms with Crippen LogP contribution in [0.1, 0.15) is 11.5 Å². The fourth-order valence-corrected chi connectivity index (χ4v) is 5.51. The van der Waals surface area contributed by atoms with Gasteiger partial charge in [-0.25, -0.2) is 0 Å². The van der Waals surface area contributed by atoms with E-state index in [-0.39, 0.29) is 12.5 Å². The van der Waals surface area contributed by atoms with Gasteiger partial charge >= 0.3 is 0 Å². The van der Waals surface area contributed by atoms with Gasteiger partial charge in [-0.3, -0.25) is 4.79 Å². The topological polar surface area (TPSA) is 80.0 Å². The van der Waals surface area contributed by atoms with Crippen LogP contribution in [0.25, 0.3) is 11.0 Å². The van der Waals surface area contributed by atoms with Crippen LogP contribution in [0.3, 0.4) is 0 Å². The number of hydrogen-bond acceptors (Lipinski definition) is 5. The van der Waals surface area contributed by atoms with Crippen LogP contribution in [-0.2, 0) is 16.2 Å². The summed E-state index contributed by atoms with van der Waals surface area (Å²) >= 11 is -1.26. The summed E-state index contributed by atoms with van der Waals surface area (Å²) in [6.45, 7) is 2.03. The molecule has 2 unspecified atom stereocenters. The molecule has 6 nitrogen and oxygen atoms in total. The Balaban J connectivity index is 1.24. The molecule has 2 aliphatic heterocycles. The molecular weight excluding hydrogens is 400 g/mol. The maximum absolute atomic E-state index is 13.1. The molecule has 154 valence electrons. The van der Waals surface area contributed by atoms with Crippen molar-refractivity contribution >= 4 is 28.2 Å². The second-order valence-electron chi connectivity index (χ2n) is 7.71. The predicted molar refractivity (Wildman–Crippen MR) is 114 cm³/mol. The van der Waals surface area contributed by atoms with Crippen LogP contribution < -0.4 is 0 Å². The van der Waals surface area contributed by atoms with E-state index in [1.54, 1.807) is 11.2 Å². The van der Waals surface area contributed by atoms with E-state index < -0.39 is 17.3 Å². The lowest BCUT2D eigenvalue weighted by Gasteiger charge is -2.26. The molecule has 2 atom stereocenters. The second kappa shape index (κ2) is 7.92. The summed E-state index contributed by atoms with van der Waals surface area (Å²) in [6, 6.07) is 16.9. The van der Waals surface area contributed by atoms with E-state index in [0.717, 1.165) is 32.6 Å². The lowest BCUT2D eigenvalue weighted by atomic mass is 9.98. The van der Waals surface area contributed by atoms with Crippen molar-refractivity contribution in [3.8, 4) is 0 Å². The second-order valence-corrected chi connectivity index (χ2v) is 9.20. The van der Waals surface area contributed by atoms with Crippen molar-refractivity contribution in [1.82, 2.24) is 9.21 Å². The Hall–Kier alpha value is -2.58. The number of nitrogens with zero attached hydrogens (tertiary/aromatic N) is 2. The van der Waals surface area contributed by atoms with Crippen molar-refractivity contribution in [2.24, 2.45) is 0 Å². The number of aliphatic hydroxyl groups is 1. The molecule has 2 aromatic carbocycles. The number of aliphatic hydroxyl groups excluding tert-OH is 1. The molecule has 0 saturated carbocycles. The van der Waals surface area contributed by atoms with Gasteiger partial charge in [-0.1, -0.05) is 30.3 Å². The minimum Gasteiger partial charge on any atom is -0.593 e. The number of rotatable bonds is 5. The van der Waals surface area contributed by atoms with Gasteiger partial charge in [-0.2, -0.15) is 0 Å². The third kappa shape index (κ3) is 3.44. The predicted octanol–water partition coefficient (Wildman–Crippen LogP) is 2.69. The van der Waals surface area contributed by atoms with Crippen molar-refractivity contribution in [3.05, 3.63) is 77.6 Å². The lowest BCUT2D eigenvalue weighted by molar-refractivity contribution is -0.132. The number of hydrogen-bond donors (Lipinski definition) is 1. The molecule has 0 spiro atoms. The molecule has 3 aromatic rings. The average molecular weight is 423 g/mol. The van der Waals surface area contributed by atoms with E-state index in [4.69, 9.17) is 4.42 Å². The van der Waals surface area contributed by atoms with Crippen molar-refractivity contribution in [3.63, 3.8) is 0 Å². The molecule has 1 N–H and O–H groups in total. The SMILES string of the molecule is O=C(C(CO)c1ccccc1)N1CC2=C(C1)CN([S+]([O-])c1ccc3occc3c1)C2. The third-order valence-corrected chi connectivity index (χ3v) is 7.24. The lowest BCUT2D eigenvalue weighted by Crippen LogP contribution is -2.39. The first kappa shape index (κ1) is 19.4. The number of amides is 1. The largest absolute Gasteiger partial charge is 0.593 e. The zero-order chi connectivity index (χ0) is 20.7. The van der Waals surface area contributed by atoms with Gasteiger partial charge in [0.2, 0.25) is 5.91 Å². The summed E-state index contributed by atoms with van der Waals surface area (Å²) in [6.07, 6.45) is 1.63. The third-order valence-electron chi connectivity index (χ3n) is 5.85. The van der Waals surface area contributed by atoms with Gasteiger partial charge in [-0.15, -0.1) is 4.31 Å². The molecule has 0 radical (unpaired) electrons. The monoisotopic (exact) mass is 422 g/mol. The Labute approximate surface area is 177 Å². The molecule has 3 heterocycles. The minimum absolute atomic E-state index is 0.0591. The van der Waals surface area contributed by atoms with Crippen molar-refractivity contribution in [2.75, 3.05) is 32.8 Å². The maximum Gasteiger partial charge on any atom is 0.233 e. The smallest absolute Gasteiger partial charge is 0.233 e. The van der Waals surface area contributed by atoms with Crippen molar-refractivity contribution in [1.29, 1.82) is 0 Å². The van der Waals surface area contributed by atoms with E-state index in [1.165, 1.54) is 0 Å². The van der Waals surface area contributed by atoms with Crippen LogP contribution in [0.2, 0.25) is 0 Å². The standard InChI is InChI=1S/C23H22N2O4S/c26-15-21(16-4-2-1-3-5-16)23(27)24-11-18-13-25(14-19(18)12-24)30(28)20-6-7-22-17(10-20)8-9-29-22/h1-10,21,26H,11-15H2.